The molecule has 0 aromatic heterocycles. The van der Waals surface area contributed by atoms with Gasteiger partial charge >= 0.3 is 6.09 Å². The molecule has 1 aliphatic rings. The van der Waals surface area contributed by atoms with E-state index in [4.69, 9.17) is 9.47 Å². The monoisotopic (exact) mass is 253 g/mol. The summed E-state index contributed by atoms with van der Waals surface area (Å²) in [4.78, 5) is 11.4. The molecule has 1 fully saturated rings. The Morgan fingerprint density at radius 3 is 2.89 bits per heavy atom. The van der Waals surface area contributed by atoms with Gasteiger partial charge < -0.3 is 14.8 Å². The van der Waals surface area contributed by atoms with E-state index in [1.807, 2.05) is 13.8 Å². The number of ether oxygens (including phenoxy) is 2. The molecule has 1 aromatic rings. The highest BCUT2D eigenvalue weighted by molar-refractivity contribution is 5.69. The van der Waals surface area contributed by atoms with E-state index in [1.54, 1.807) is 12.1 Å². The van der Waals surface area contributed by atoms with Gasteiger partial charge in [0.1, 0.15) is 6.61 Å². The molecule has 1 saturated heterocycles. The van der Waals surface area contributed by atoms with Gasteiger partial charge in [-0.25, -0.2) is 9.18 Å². The third kappa shape index (κ3) is 2.12. The standard InChI is InChI=1S/C13H16FNO3/c1-13(2)7-18-12(16)15-11(13)8-5-4-6-9(14)10(8)17-3/h4-6,11H,7H2,1-3H3,(H,15,16)/t11-/m1/s1. The molecule has 4 nitrogen and oxygen atoms in total. The third-order valence-corrected chi connectivity index (χ3v) is 3.13. The lowest BCUT2D eigenvalue weighted by Gasteiger charge is -2.39. The van der Waals surface area contributed by atoms with Crippen LogP contribution in [0.4, 0.5) is 9.18 Å². The Balaban J connectivity index is 2.46. The minimum absolute atomic E-state index is 0.165. The highest BCUT2D eigenvalue weighted by Crippen LogP contribution is 2.40. The highest BCUT2D eigenvalue weighted by atomic mass is 19.1. The predicted molar refractivity (Wildman–Crippen MR) is 64.0 cm³/mol. The molecule has 18 heavy (non-hydrogen) atoms. The van der Waals surface area contributed by atoms with Crippen molar-refractivity contribution in [3.8, 4) is 5.75 Å². The topological polar surface area (TPSA) is 47.6 Å². The summed E-state index contributed by atoms with van der Waals surface area (Å²) < 4.78 is 23.7. The smallest absolute Gasteiger partial charge is 0.407 e. The molecule has 1 atom stereocenters. The van der Waals surface area contributed by atoms with E-state index in [1.165, 1.54) is 13.2 Å². The number of amides is 1. The number of alkyl carbamates (subject to hydrolysis) is 1. The van der Waals surface area contributed by atoms with Gasteiger partial charge in [-0.05, 0) is 6.07 Å². The van der Waals surface area contributed by atoms with E-state index in [0.29, 0.717) is 5.56 Å². The zero-order valence-electron chi connectivity index (χ0n) is 10.6. The lowest BCUT2D eigenvalue weighted by molar-refractivity contribution is 0.0379. The quantitative estimate of drug-likeness (QED) is 0.881. The molecule has 0 bridgehead atoms. The molecule has 5 heteroatoms. The van der Waals surface area contributed by atoms with E-state index < -0.39 is 11.9 Å². The lowest BCUT2D eigenvalue weighted by atomic mass is 9.80. The van der Waals surface area contributed by atoms with Gasteiger partial charge in [-0.1, -0.05) is 26.0 Å². The van der Waals surface area contributed by atoms with Crippen molar-refractivity contribution in [1.82, 2.24) is 5.32 Å². The van der Waals surface area contributed by atoms with E-state index in [9.17, 15) is 9.18 Å². The van der Waals surface area contributed by atoms with Crippen molar-refractivity contribution in [2.45, 2.75) is 19.9 Å². The predicted octanol–water partition coefficient (Wildman–Crippen LogP) is 2.64. The maximum absolute atomic E-state index is 13.7. The van der Waals surface area contributed by atoms with Crippen LogP contribution in [-0.2, 0) is 4.74 Å². The Hall–Kier alpha value is -1.78. The van der Waals surface area contributed by atoms with E-state index in [2.05, 4.69) is 5.32 Å². The number of methoxy groups -OCH3 is 1. The molecular weight excluding hydrogens is 237 g/mol. The van der Waals surface area contributed by atoms with Crippen LogP contribution in [0.1, 0.15) is 25.5 Å². The molecule has 1 heterocycles. The van der Waals surface area contributed by atoms with Crippen molar-refractivity contribution in [3.63, 3.8) is 0 Å². The zero-order valence-corrected chi connectivity index (χ0v) is 10.6. The molecule has 0 radical (unpaired) electrons. The van der Waals surface area contributed by atoms with Gasteiger partial charge in [0.15, 0.2) is 11.6 Å². The number of hydrogen-bond acceptors (Lipinski definition) is 3. The first kappa shape index (κ1) is 12.7. The fraction of sp³-hybridized carbons (Fsp3) is 0.462. The first-order valence-corrected chi connectivity index (χ1v) is 5.71. The maximum Gasteiger partial charge on any atom is 0.407 e. The minimum Gasteiger partial charge on any atom is -0.493 e. The summed E-state index contributed by atoms with van der Waals surface area (Å²) in [6.07, 6.45) is -0.495. The molecule has 0 aliphatic carbocycles. The second-order valence-corrected chi connectivity index (χ2v) is 5.00. The fourth-order valence-electron chi connectivity index (χ4n) is 2.16. The van der Waals surface area contributed by atoms with E-state index in [-0.39, 0.29) is 23.8 Å². The second kappa shape index (κ2) is 4.48. The van der Waals surface area contributed by atoms with Gasteiger partial charge in [-0.2, -0.15) is 0 Å². The summed E-state index contributed by atoms with van der Waals surface area (Å²) in [7, 11) is 1.41. The number of benzene rings is 1. The Labute approximate surface area is 105 Å². The molecule has 2 rings (SSSR count). The molecule has 1 aliphatic heterocycles. The van der Waals surface area contributed by atoms with Crippen molar-refractivity contribution in [1.29, 1.82) is 0 Å². The molecule has 0 spiro atoms. The second-order valence-electron chi connectivity index (χ2n) is 5.00. The summed E-state index contributed by atoms with van der Waals surface area (Å²) in [6, 6.07) is 4.34. The van der Waals surface area contributed by atoms with E-state index in [0.717, 1.165) is 0 Å². The summed E-state index contributed by atoms with van der Waals surface area (Å²) in [5.74, 6) is -0.274. The molecule has 1 aromatic carbocycles. The summed E-state index contributed by atoms with van der Waals surface area (Å²) >= 11 is 0. The van der Waals surface area contributed by atoms with Crippen molar-refractivity contribution in [3.05, 3.63) is 29.6 Å². The number of nitrogens with one attached hydrogen (secondary N) is 1. The largest absolute Gasteiger partial charge is 0.493 e. The average Bonchev–Trinajstić information content (AvgIpc) is 2.32. The van der Waals surface area contributed by atoms with Crippen LogP contribution in [0.2, 0.25) is 0 Å². The van der Waals surface area contributed by atoms with Crippen LogP contribution >= 0.6 is 0 Å². The average molecular weight is 253 g/mol. The molecule has 1 amide bonds. The van der Waals surface area contributed by atoms with E-state index >= 15 is 0 Å². The lowest BCUT2D eigenvalue weighted by Crippen LogP contribution is -2.47. The van der Waals surface area contributed by atoms with Crippen LogP contribution in [0.15, 0.2) is 18.2 Å². The van der Waals surface area contributed by atoms with Gasteiger partial charge in [0, 0.05) is 11.0 Å². The normalized spacial score (nSPS) is 22.0. The van der Waals surface area contributed by atoms with Gasteiger partial charge in [-0.3, -0.25) is 0 Å². The van der Waals surface area contributed by atoms with Crippen LogP contribution in [0.25, 0.3) is 0 Å². The summed E-state index contributed by atoms with van der Waals surface area (Å²) in [6.45, 7) is 4.17. The number of carbonyl (C=O) groups excluding carboxylic acids is 1. The van der Waals surface area contributed by atoms with Gasteiger partial charge in [0.05, 0.1) is 13.2 Å². The number of carbonyl (C=O) groups is 1. The number of hydrogen-bond donors (Lipinski definition) is 1. The Morgan fingerprint density at radius 2 is 2.22 bits per heavy atom. The highest BCUT2D eigenvalue weighted by Gasteiger charge is 2.39. The van der Waals surface area contributed by atoms with Crippen molar-refractivity contribution < 1.29 is 18.7 Å². The summed E-state index contributed by atoms with van der Waals surface area (Å²) in [5, 5.41) is 2.72. The number of para-hydroxylation sites is 1. The first-order valence-electron chi connectivity index (χ1n) is 5.71. The minimum atomic E-state index is -0.495. The molecule has 1 N–H and O–H groups in total. The third-order valence-electron chi connectivity index (χ3n) is 3.13. The Morgan fingerprint density at radius 1 is 1.50 bits per heavy atom. The number of cyclic esters (lactones) is 1. The zero-order chi connectivity index (χ0) is 13.3. The molecule has 0 unspecified atom stereocenters. The van der Waals surface area contributed by atoms with Crippen LogP contribution in [0.5, 0.6) is 5.75 Å². The van der Waals surface area contributed by atoms with Gasteiger partial charge in [0.2, 0.25) is 0 Å². The van der Waals surface area contributed by atoms with Gasteiger partial charge in [-0.15, -0.1) is 0 Å². The van der Waals surface area contributed by atoms with Crippen molar-refractivity contribution >= 4 is 6.09 Å². The van der Waals surface area contributed by atoms with Crippen LogP contribution < -0.4 is 10.1 Å². The van der Waals surface area contributed by atoms with Crippen molar-refractivity contribution in [2.24, 2.45) is 5.41 Å². The fourth-order valence-corrected chi connectivity index (χ4v) is 2.16. The number of halogens is 1. The molecular formula is C13H16FNO3. The Bertz CT molecular complexity index is 473. The maximum atomic E-state index is 13.7. The summed E-state index contributed by atoms with van der Waals surface area (Å²) in [5.41, 5.74) is 0.286. The van der Waals surface area contributed by atoms with Gasteiger partial charge in [0.25, 0.3) is 0 Å². The van der Waals surface area contributed by atoms with Crippen LogP contribution in [0.3, 0.4) is 0 Å². The molecule has 0 saturated carbocycles. The number of rotatable bonds is 2. The van der Waals surface area contributed by atoms with Crippen LogP contribution in [-0.4, -0.2) is 19.8 Å². The molecule has 98 valence electrons. The van der Waals surface area contributed by atoms with Crippen molar-refractivity contribution in [2.75, 3.05) is 13.7 Å². The first-order chi connectivity index (χ1) is 8.45. The Kier molecular flexibility index (Phi) is 3.15. The SMILES string of the molecule is COc1c(F)cccc1[C@H]1NC(=O)OCC1(C)C. The van der Waals surface area contributed by atoms with Crippen LogP contribution in [0, 0.1) is 11.2 Å².